The second-order valence-electron chi connectivity index (χ2n) is 19.4. The minimum absolute atomic E-state index is 0.0367. The number of hydrogen-bond donors (Lipinski definition) is 7. The monoisotopic (exact) mass is 904 g/mol. The summed E-state index contributed by atoms with van der Waals surface area (Å²) in [4.78, 5) is 0. The molecule has 1 aromatic heterocycles. The lowest BCUT2D eigenvalue weighted by Gasteiger charge is -2.49. The second kappa shape index (κ2) is 19.6. The first kappa shape index (κ1) is 45.2. The van der Waals surface area contributed by atoms with Crippen LogP contribution in [-0.4, -0.2) is 76.8 Å². The number of rotatable bonds is 7. The van der Waals surface area contributed by atoms with Crippen LogP contribution in [-0.2, 0) is 47.4 Å². The maximum Gasteiger partial charge on any atom is 0.161 e. The van der Waals surface area contributed by atoms with Crippen LogP contribution in [0.25, 0.3) is 16.6 Å². The van der Waals surface area contributed by atoms with Crippen molar-refractivity contribution in [2.24, 2.45) is 17.6 Å². The van der Waals surface area contributed by atoms with Crippen molar-refractivity contribution in [2.75, 3.05) is 33.4 Å². The molecule has 5 heterocycles. The van der Waals surface area contributed by atoms with Crippen LogP contribution in [0, 0.1) is 23.7 Å². The zero-order chi connectivity index (χ0) is 46.1. The fourth-order valence-corrected chi connectivity index (χ4v) is 11.6. The number of aromatic nitrogens is 1. The van der Waals surface area contributed by atoms with Crippen LogP contribution in [0.2, 0.25) is 0 Å². The molecule has 10 rings (SSSR count). The minimum Gasteiger partial charge on any atom is -0.508 e. The highest BCUT2D eigenvalue weighted by Crippen LogP contribution is 2.52. The molecule has 11 heteroatoms. The van der Waals surface area contributed by atoms with Gasteiger partial charge in [-0.3, -0.25) is 0 Å². The number of nitrogens with two attached hydrogens (primary N) is 1. The Morgan fingerprint density at radius 2 is 1.79 bits per heavy atom. The van der Waals surface area contributed by atoms with E-state index in [0.29, 0.717) is 56.3 Å². The molecule has 6 bridgehead atoms. The largest absolute Gasteiger partial charge is 0.508 e. The summed E-state index contributed by atoms with van der Waals surface area (Å²) in [7, 11) is 1.92. The summed E-state index contributed by atoms with van der Waals surface area (Å²) in [6, 6.07) is 24.5. The smallest absolute Gasteiger partial charge is 0.161 e. The lowest BCUT2D eigenvalue weighted by atomic mass is 9.57. The van der Waals surface area contributed by atoms with Gasteiger partial charge in [-0.2, -0.15) is 0 Å². The second-order valence-corrected chi connectivity index (χ2v) is 19.4. The van der Waals surface area contributed by atoms with Gasteiger partial charge >= 0.3 is 0 Å². The molecule has 1 unspecified atom stereocenters. The molecule has 1 fully saturated rings. The van der Waals surface area contributed by atoms with E-state index in [1.165, 1.54) is 16.7 Å². The first-order chi connectivity index (χ1) is 32.7. The van der Waals surface area contributed by atoms with Crippen molar-refractivity contribution in [2.45, 2.75) is 108 Å². The number of nitrogens with one attached hydrogen (secondary N) is 2. The van der Waals surface area contributed by atoms with Gasteiger partial charge in [0.15, 0.2) is 11.5 Å². The lowest BCUT2D eigenvalue weighted by molar-refractivity contribution is 0.00498. The minimum atomic E-state index is -0.678. The Morgan fingerprint density at radius 3 is 2.64 bits per heavy atom. The topological polar surface area (TPSA) is 164 Å². The van der Waals surface area contributed by atoms with Crippen molar-refractivity contribution in [3.05, 3.63) is 141 Å². The van der Waals surface area contributed by atoms with E-state index in [2.05, 4.69) is 75.8 Å². The van der Waals surface area contributed by atoms with Gasteiger partial charge in [-0.25, -0.2) is 0 Å². The van der Waals surface area contributed by atoms with Gasteiger partial charge in [0.1, 0.15) is 24.3 Å². The summed E-state index contributed by atoms with van der Waals surface area (Å²) in [6.07, 6.45) is 11.3. The average molecular weight is 905 g/mol. The standard InChI is InChI=1S/C56H64N4O7/c1-58-28-48-47-20-13-35(9-10-36-11-17-44(62)18-12-36)5-4-7-46-27-45(63)19-15-38-26-53(52(64)25-40(38)31-61)67-32-41-24-43(56-21-22-65-33-42(56)16-14-37-6-2-3-8-51(37)56)23-39-29-60(30-49(39)41)55(59-54(48)57)50(47)34-66-46/h2-3,6,8,11-12,17-18,23-26,29-30,35,42,45-46,54,58-59,61-64H,4-5,7,9-10,14-16,19,21-22,27-28,31-34,57H2,1H3/t35-,42+,45+,46-,54?,56+/m0/s1. The molecular formula is C56H64N4O7. The zero-order valence-electron chi connectivity index (χ0n) is 38.5. The van der Waals surface area contributed by atoms with Gasteiger partial charge < -0.3 is 55.6 Å². The number of aryl methyl sites for hydroxylation is 3. The third-order valence-electron chi connectivity index (χ3n) is 15.3. The Balaban J connectivity index is 1.15. The van der Waals surface area contributed by atoms with E-state index in [-0.39, 0.29) is 48.8 Å². The molecule has 11 nitrogen and oxygen atoms in total. The van der Waals surface area contributed by atoms with E-state index in [1.54, 1.807) is 18.2 Å². The molecule has 5 aliphatic rings. The van der Waals surface area contributed by atoms with E-state index in [0.717, 1.165) is 101 Å². The maximum absolute atomic E-state index is 11.7. The van der Waals surface area contributed by atoms with E-state index in [4.69, 9.17) is 19.9 Å². The number of aliphatic hydroxyl groups is 2. The van der Waals surface area contributed by atoms with Gasteiger partial charge in [0.25, 0.3) is 0 Å². The van der Waals surface area contributed by atoms with Gasteiger partial charge in [0.2, 0.25) is 0 Å². The van der Waals surface area contributed by atoms with Crippen LogP contribution in [0.4, 0.5) is 0 Å². The number of likely N-dealkylation sites (N-methyl/N-ethyl adjacent to an activating group) is 1. The predicted molar refractivity (Wildman–Crippen MR) is 260 cm³/mol. The maximum atomic E-state index is 11.7. The van der Waals surface area contributed by atoms with Crippen LogP contribution >= 0.6 is 0 Å². The van der Waals surface area contributed by atoms with Gasteiger partial charge in [-0.05, 0) is 158 Å². The summed E-state index contributed by atoms with van der Waals surface area (Å²) in [5.41, 5.74) is 17.1. The zero-order valence-corrected chi connectivity index (χ0v) is 38.5. The number of phenolic OH excluding ortho intramolecular Hbond substituents is 2. The molecule has 0 radical (unpaired) electrons. The number of benzene rings is 4. The number of aromatic hydroxyl groups is 2. The van der Waals surface area contributed by atoms with E-state index < -0.39 is 12.3 Å². The van der Waals surface area contributed by atoms with Crippen molar-refractivity contribution in [1.29, 1.82) is 0 Å². The molecule has 5 aromatic rings. The summed E-state index contributed by atoms with van der Waals surface area (Å²) in [6.45, 7) is 2.09. The molecule has 1 saturated heterocycles. The lowest BCUT2D eigenvalue weighted by Crippen LogP contribution is -2.47. The first-order valence-corrected chi connectivity index (χ1v) is 24.3. The van der Waals surface area contributed by atoms with Crippen LogP contribution in [0.1, 0.15) is 90.3 Å². The number of dihydropyridines is 1. The molecular weight excluding hydrogens is 841 g/mol. The average Bonchev–Trinajstić information content (AvgIpc) is 3.77. The third-order valence-corrected chi connectivity index (χ3v) is 15.3. The van der Waals surface area contributed by atoms with E-state index in [9.17, 15) is 20.4 Å². The highest BCUT2D eigenvalue weighted by Gasteiger charge is 2.47. The highest BCUT2D eigenvalue weighted by molar-refractivity contribution is 5.89. The summed E-state index contributed by atoms with van der Waals surface area (Å²) >= 11 is 0. The fraction of sp³-hybridized carbons (Fsp3) is 0.429. The van der Waals surface area contributed by atoms with Gasteiger partial charge in [0.05, 0.1) is 32.0 Å². The van der Waals surface area contributed by atoms with Crippen LogP contribution in [0.5, 0.6) is 17.2 Å². The molecule has 1 aliphatic carbocycles. The Morgan fingerprint density at radius 1 is 0.940 bits per heavy atom. The Hall–Kier alpha value is -5.58. The molecule has 6 atom stereocenters. The molecule has 8 N–H and O–H groups in total. The van der Waals surface area contributed by atoms with Crippen LogP contribution < -0.4 is 21.1 Å². The van der Waals surface area contributed by atoms with Gasteiger partial charge in [-0.1, -0.05) is 54.3 Å². The predicted octanol–water partition coefficient (Wildman–Crippen LogP) is 7.48. The van der Waals surface area contributed by atoms with E-state index in [1.807, 2.05) is 25.2 Å². The van der Waals surface area contributed by atoms with Crippen molar-refractivity contribution in [3.8, 4) is 29.1 Å². The third kappa shape index (κ3) is 9.11. The van der Waals surface area contributed by atoms with Crippen LogP contribution in [0.15, 0.2) is 102 Å². The van der Waals surface area contributed by atoms with Crippen molar-refractivity contribution >= 4 is 16.6 Å². The Labute approximate surface area is 393 Å². The van der Waals surface area contributed by atoms with Gasteiger partial charge in [0, 0.05) is 58.8 Å². The van der Waals surface area contributed by atoms with Crippen molar-refractivity contribution in [1.82, 2.24) is 15.2 Å². The van der Waals surface area contributed by atoms with Crippen molar-refractivity contribution < 1.29 is 34.6 Å². The number of fused-ring (bicyclic) bond motifs is 9. The molecule has 67 heavy (non-hydrogen) atoms. The molecule has 0 saturated carbocycles. The number of hydrogen-bond acceptors (Lipinski definition) is 10. The number of phenols is 2. The number of ether oxygens (including phenoxy) is 3. The van der Waals surface area contributed by atoms with Gasteiger partial charge in [-0.15, -0.1) is 0 Å². The Bertz CT molecular complexity index is 2750. The normalized spacial score (nSPS) is 25.5. The molecule has 0 amide bonds. The number of nitrogens with zero attached hydrogens (tertiary/aromatic N) is 1. The first-order valence-electron chi connectivity index (χ1n) is 24.3. The fourth-order valence-electron chi connectivity index (χ4n) is 11.6. The summed E-state index contributed by atoms with van der Waals surface area (Å²) in [5.74, 6) is 9.18. The summed E-state index contributed by atoms with van der Waals surface area (Å²) < 4.78 is 22.0. The van der Waals surface area contributed by atoms with Crippen molar-refractivity contribution in [3.63, 3.8) is 0 Å². The molecule has 0 spiro atoms. The molecule has 350 valence electrons. The van der Waals surface area contributed by atoms with E-state index >= 15 is 0 Å². The molecule has 4 aliphatic heterocycles. The Kier molecular flexibility index (Phi) is 13.2. The molecule has 4 aromatic carbocycles. The quantitative estimate of drug-likeness (QED) is 0.0816. The van der Waals surface area contributed by atoms with Crippen LogP contribution in [0.3, 0.4) is 0 Å². The summed E-state index contributed by atoms with van der Waals surface area (Å²) in [5, 5.41) is 52.5. The highest BCUT2D eigenvalue weighted by atomic mass is 16.5. The SMILES string of the molecule is CNCC1=C2C#C[C@H](CCc3ccc(O)cc3)CCC[C@H]3C[C@H](O)CCc4cc(c(O)cc4CO)OCc4cc([C@@]56CCOC[C@H]5CCc5ccccc56)cc5cn(cc45)C(=C2CO3)NC1N. The number of aliphatic hydroxyl groups excluding tert-OH is 2.